The molecule has 0 aromatic rings. The first-order chi connectivity index (χ1) is 13.9. The fraction of sp³-hybridized carbons (Fsp3) is 0.833. The predicted molar refractivity (Wildman–Crippen MR) is 115 cm³/mol. The molecule has 0 aromatic heterocycles. The van der Waals surface area contributed by atoms with E-state index in [0.29, 0.717) is 19.3 Å². The number of hydrogen-bond acceptors (Lipinski definition) is 5. The van der Waals surface area contributed by atoms with Crippen LogP contribution in [-0.2, 0) is 14.3 Å². The summed E-state index contributed by atoms with van der Waals surface area (Å²) in [5, 5.41) is 20.0. The number of ether oxygens (including phenoxy) is 1. The zero-order chi connectivity index (χ0) is 21.7. The van der Waals surface area contributed by atoms with Gasteiger partial charge in [-0.1, -0.05) is 58.1 Å². The molecule has 0 aliphatic heterocycles. The van der Waals surface area contributed by atoms with Crippen LogP contribution in [0.25, 0.3) is 0 Å². The molecule has 0 radical (unpaired) electrons. The third kappa shape index (κ3) is 8.21. The average molecular weight is 411 g/mol. The molecule has 168 valence electrons. The van der Waals surface area contributed by atoms with E-state index in [-0.39, 0.29) is 30.1 Å². The molecule has 0 heterocycles. The minimum absolute atomic E-state index is 0.00953. The molecule has 0 saturated heterocycles. The van der Waals surface area contributed by atoms with Gasteiger partial charge in [-0.05, 0) is 50.4 Å². The number of carbonyl (C=O) groups excluding carboxylic acids is 2. The Hall–Kier alpha value is -1.20. The van der Waals surface area contributed by atoms with E-state index in [1.165, 1.54) is 32.8 Å². The summed E-state index contributed by atoms with van der Waals surface area (Å²) in [4.78, 5) is 24.2. The zero-order valence-corrected chi connectivity index (χ0v) is 18.7. The van der Waals surface area contributed by atoms with E-state index < -0.39 is 11.6 Å². The number of methoxy groups -OCH3 is 1. The van der Waals surface area contributed by atoms with Crippen LogP contribution in [0.15, 0.2) is 12.2 Å². The van der Waals surface area contributed by atoms with Gasteiger partial charge in [0.15, 0.2) is 5.60 Å². The lowest BCUT2D eigenvalue weighted by atomic mass is 9.85. The minimum atomic E-state index is -1.40. The van der Waals surface area contributed by atoms with E-state index >= 15 is 0 Å². The van der Waals surface area contributed by atoms with Crippen LogP contribution in [0.4, 0.5) is 0 Å². The number of carbonyl (C=O) groups is 2. The van der Waals surface area contributed by atoms with Gasteiger partial charge < -0.3 is 14.9 Å². The van der Waals surface area contributed by atoms with Crippen LogP contribution in [0.3, 0.4) is 0 Å². The largest absolute Gasteiger partial charge is 0.467 e. The van der Waals surface area contributed by atoms with Crippen LogP contribution < -0.4 is 0 Å². The second-order valence-electron chi connectivity index (χ2n) is 8.55. The predicted octanol–water partition coefficient (Wildman–Crippen LogP) is 4.59. The number of ketones is 1. The third-order valence-corrected chi connectivity index (χ3v) is 6.46. The van der Waals surface area contributed by atoms with E-state index in [1.807, 2.05) is 0 Å². The summed E-state index contributed by atoms with van der Waals surface area (Å²) < 4.78 is 4.70. The van der Waals surface area contributed by atoms with E-state index in [0.717, 1.165) is 32.1 Å². The topological polar surface area (TPSA) is 83.8 Å². The van der Waals surface area contributed by atoms with Crippen molar-refractivity contribution >= 4 is 11.8 Å². The monoisotopic (exact) mass is 410 g/mol. The van der Waals surface area contributed by atoms with Crippen molar-refractivity contribution in [1.29, 1.82) is 0 Å². The Balaban J connectivity index is 2.47. The number of esters is 1. The molecule has 4 atom stereocenters. The van der Waals surface area contributed by atoms with Gasteiger partial charge in [-0.3, -0.25) is 4.79 Å². The SMILES string of the molecule is CCCCCCC=C[C@H]1[C@H](CO)CC(=O)[C@@H]1CCCCCC(O)(CC)C(=O)OC. The standard InChI is InChI=1S/C24H42O5/c1-4-6-7-8-9-11-14-20-19(18-25)17-22(26)21(20)15-12-10-13-16-24(28,5-2)23(27)29-3/h11,14,19-21,25,28H,4-10,12-13,15-18H2,1-3H3/t19-,20-,21+,24?/m0/s1. The van der Waals surface area contributed by atoms with Crippen LogP contribution in [0.5, 0.6) is 0 Å². The molecule has 1 saturated carbocycles. The van der Waals surface area contributed by atoms with Gasteiger partial charge in [0.2, 0.25) is 0 Å². The maximum atomic E-state index is 12.5. The average Bonchev–Trinajstić information content (AvgIpc) is 3.04. The van der Waals surface area contributed by atoms with E-state index in [1.54, 1.807) is 6.92 Å². The van der Waals surface area contributed by atoms with Gasteiger partial charge in [0.05, 0.1) is 7.11 Å². The van der Waals surface area contributed by atoms with Gasteiger partial charge in [-0.25, -0.2) is 4.79 Å². The Morgan fingerprint density at radius 1 is 1.17 bits per heavy atom. The van der Waals surface area contributed by atoms with Crippen LogP contribution in [-0.4, -0.2) is 41.3 Å². The van der Waals surface area contributed by atoms with Crippen molar-refractivity contribution in [2.75, 3.05) is 13.7 Å². The van der Waals surface area contributed by atoms with E-state index in [9.17, 15) is 19.8 Å². The molecule has 5 heteroatoms. The summed E-state index contributed by atoms with van der Waals surface area (Å²) in [5.74, 6) is -0.125. The summed E-state index contributed by atoms with van der Waals surface area (Å²) >= 11 is 0. The summed E-state index contributed by atoms with van der Waals surface area (Å²) in [6, 6.07) is 0. The second-order valence-corrected chi connectivity index (χ2v) is 8.55. The van der Waals surface area contributed by atoms with Crippen molar-refractivity contribution in [3.05, 3.63) is 12.2 Å². The Morgan fingerprint density at radius 3 is 2.52 bits per heavy atom. The minimum Gasteiger partial charge on any atom is -0.467 e. The Labute approximate surface area is 176 Å². The molecular formula is C24H42O5. The summed E-state index contributed by atoms with van der Waals surface area (Å²) in [7, 11) is 1.30. The van der Waals surface area contributed by atoms with Gasteiger partial charge in [0.25, 0.3) is 0 Å². The second kappa shape index (κ2) is 13.9. The van der Waals surface area contributed by atoms with Crippen LogP contribution in [0, 0.1) is 17.8 Å². The van der Waals surface area contributed by atoms with Crippen molar-refractivity contribution in [1.82, 2.24) is 0 Å². The first-order valence-electron chi connectivity index (χ1n) is 11.5. The normalized spacial score (nSPS) is 24.2. The summed E-state index contributed by atoms with van der Waals surface area (Å²) in [6.45, 7) is 4.05. The molecule has 0 amide bonds. The lowest BCUT2D eigenvalue weighted by molar-refractivity contribution is -0.163. The molecule has 1 rings (SSSR count). The number of Topliss-reactive ketones (excluding diaryl/α,β-unsaturated/α-hetero) is 1. The number of unbranched alkanes of at least 4 members (excludes halogenated alkanes) is 6. The first-order valence-corrected chi connectivity index (χ1v) is 11.5. The van der Waals surface area contributed by atoms with Crippen molar-refractivity contribution in [2.45, 2.75) is 96.5 Å². The molecule has 5 nitrogen and oxygen atoms in total. The summed E-state index contributed by atoms with van der Waals surface area (Å²) in [6.07, 6.45) is 14.8. The highest BCUT2D eigenvalue weighted by atomic mass is 16.5. The first kappa shape index (κ1) is 25.8. The van der Waals surface area contributed by atoms with Crippen LogP contribution >= 0.6 is 0 Å². The van der Waals surface area contributed by atoms with Crippen molar-refractivity contribution in [2.24, 2.45) is 17.8 Å². The molecule has 0 aromatic carbocycles. The van der Waals surface area contributed by atoms with Gasteiger partial charge in [0, 0.05) is 18.9 Å². The lowest BCUT2D eigenvalue weighted by Crippen LogP contribution is -2.38. The maximum absolute atomic E-state index is 12.5. The molecule has 0 spiro atoms. The van der Waals surface area contributed by atoms with Gasteiger partial charge in [-0.2, -0.15) is 0 Å². The Morgan fingerprint density at radius 2 is 1.90 bits per heavy atom. The van der Waals surface area contributed by atoms with Crippen LogP contribution in [0.2, 0.25) is 0 Å². The molecule has 0 bridgehead atoms. The zero-order valence-electron chi connectivity index (χ0n) is 18.7. The van der Waals surface area contributed by atoms with Gasteiger partial charge in [0.1, 0.15) is 5.78 Å². The lowest BCUT2D eigenvalue weighted by Gasteiger charge is -2.23. The molecule has 1 aliphatic rings. The Kier molecular flexibility index (Phi) is 12.4. The smallest absolute Gasteiger partial charge is 0.337 e. The Bertz CT molecular complexity index is 515. The fourth-order valence-corrected chi connectivity index (χ4v) is 4.43. The highest BCUT2D eigenvalue weighted by molar-refractivity contribution is 5.84. The molecule has 1 unspecified atom stereocenters. The fourth-order valence-electron chi connectivity index (χ4n) is 4.43. The summed E-state index contributed by atoms with van der Waals surface area (Å²) in [5.41, 5.74) is -1.40. The highest BCUT2D eigenvalue weighted by Crippen LogP contribution is 2.38. The molecular weight excluding hydrogens is 368 g/mol. The van der Waals surface area contributed by atoms with Crippen molar-refractivity contribution in [3.8, 4) is 0 Å². The number of allylic oxidation sites excluding steroid dienone is 2. The highest BCUT2D eigenvalue weighted by Gasteiger charge is 2.40. The molecule has 2 N–H and O–H groups in total. The van der Waals surface area contributed by atoms with Crippen molar-refractivity contribution < 1.29 is 24.5 Å². The van der Waals surface area contributed by atoms with Crippen LogP contribution in [0.1, 0.15) is 90.9 Å². The molecule has 29 heavy (non-hydrogen) atoms. The number of aliphatic hydroxyl groups is 2. The molecule has 1 aliphatic carbocycles. The van der Waals surface area contributed by atoms with Gasteiger partial charge in [-0.15, -0.1) is 0 Å². The van der Waals surface area contributed by atoms with E-state index in [2.05, 4.69) is 19.1 Å². The van der Waals surface area contributed by atoms with Gasteiger partial charge >= 0.3 is 5.97 Å². The van der Waals surface area contributed by atoms with E-state index in [4.69, 9.17) is 4.74 Å². The maximum Gasteiger partial charge on any atom is 0.337 e. The number of rotatable bonds is 15. The third-order valence-electron chi connectivity index (χ3n) is 6.46. The number of hydrogen-bond donors (Lipinski definition) is 2. The number of aliphatic hydroxyl groups excluding tert-OH is 1. The quantitative estimate of drug-likeness (QED) is 0.234. The molecule has 1 fully saturated rings. The van der Waals surface area contributed by atoms with Crippen molar-refractivity contribution in [3.63, 3.8) is 0 Å².